The smallest absolute Gasteiger partial charge is 0.311 e. The van der Waals surface area contributed by atoms with E-state index in [0.29, 0.717) is 6.04 Å². The topological polar surface area (TPSA) is 46.1 Å². The summed E-state index contributed by atoms with van der Waals surface area (Å²) in [6.07, 6.45) is 10.0. The summed E-state index contributed by atoms with van der Waals surface area (Å²) in [6, 6.07) is 0.503. The molecular formula is C14H25BrN2O2. The second-order valence-corrected chi connectivity index (χ2v) is 4.95. The van der Waals surface area contributed by atoms with Crippen molar-refractivity contribution in [2.75, 3.05) is 0 Å². The third kappa shape index (κ3) is 5.76. The Labute approximate surface area is 126 Å². The molecule has 0 spiro atoms. The van der Waals surface area contributed by atoms with Crippen LogP contribution in [0.5, 0.6) is 0 Å². The van der Waals surface area contributed by atoms with Crippen molar-refractivity contribution >= 4 is 5.97 Å². The van der Waals surface area contributed by atoms with E-state index in [4.69, 9.17) is 5.11 Å². The molecule has 0 radical (unpaired) electrons. The van der Waals surface area contributed by atoms with Crippen molar-refractivity contribution in [2.24, 2.45) is 7.05 Å². The van der Waals surface area contributed by atoms with E-state index in [-0.39, 0.29) is 23.4 Å². The molecule has 1 heterocycles. The Hall–Kier alpha value is -0.840. The van der Waals surface area contributed by atoms with Crippen LogP contribution in [0.4, 0.5) is 0 Å². The number of halogens is 1. The second kappa shape index (κ2) is 9.13. The molecule has 1 rings (SSSR count). The fourth-order valence-corrected chi connectivity index (χ4v) is 2.31. The number of imidazole rings is 1. The highest BCUT2D eigenvalue weighted by Gasteiger charge is 2.19. The lowest BCUT2D eigenvalue weighted by molar-refractivity contribution is -0.724. The summed E-state index contributed by atoms with van der Waals surface area (Å²) in [5.74, 6) is -0.774. The molecule has 0 aromatic carbocycles. The minimum atomic E-state index is -0.774. The van der Waals surface area contributed by atoms with Crippen LogP contribution in [-0.2, 0) is 18.3 Å². The van der Waals surface area contributed by atoms with E-state index < -0.39 is 5.97 Å². The van der Waals surface area contributed by atoms with E-state index in [1.807, 2.05) is 24.1 Å². The lowest BCUT2D eigenvalue weighted by Gasteiger charge is -2.11. The van der Waals surface area contributed by atoms with Gasteiger partial charge >= 0.3 is 5.97 Å². The molecule has 0 aliphatic rings. The number of aliphatic carboxylic acids is 1. The standard InChI is InChI=1S/C14H24N2O2.BrH/c1-4-6-8-12(7-5-2)16-10-13(9-14(17)18)15(3)11-16;/h10-12H,4-9H2,1-3H3;1H. The molecule has 0 aliphatic heterocycles. The SMILES string of the molecule is CCCCC(CCC)[n+]1cc(CC(=O)O)n(C)c1.[Br-]. The van der Waals surface area contributed by atoms with E-state index in [1.54, 1.807) is 0 Å². The van der Waals surface area contributed by atoms with Crippen LogP contribution >= 0.6 is 0 Å². The number of aromatic nitrogens is 2. The van der Waals surface area contributed by atoms with Crippen LogP contribution in [-0.4, -0.2) is 15.6 Å². The van der Waals surface area contributed by atoms with Crippen LogP contribution in [0.2, 0.25) is 0 Å². The van der Waals surface area contributed by atoms with Crippen molar-refractivity contribution in [3.05, 3.63) is 18.2 Å². The predicted octanol–water partition coefficient (Wildman–Crippen LogP) is -0.525. The molecule has 1 aromatic rings. The van der Waals surface area contributed by atoms with Gasteiger partial charge in [0.2, 0.25) is 6.33 Å². The molecule has 1 unspecified atom stereocenters. The molecule has 110 valence electrons. The number of nitrogens with zero attached hydrogens (tertiary/aromatic N) is 2. The number of unbranched alkanes of at least 4 members (excludes halogenated alkanes) is 1. The van der Waals surface area contributed by atoms with E-state index in [1.165, 1.54) is 19.3 Å². The Morgan fingerprint density at radius 3 is 2.58 bits per heavy atom. The summed E-state index contributed by atoms with van der Waals surface area (Å²) in [7, 11) is 1.91. The quantitative estimate of drug-likeness (QED) is 0.651. The van der Waals surface area contributed by atoms with E-state index in [0.717, 1.165) is 18.5 Å². The van der Waals surface area contributed by atoms with Gasteiger partial charge in [-0.15, -0.1) is 0 Å². The van der Waals surface area contributed by atoms with Gasteiger partial charge in [-0.1, -0.05) is 26.7 Å². The zero-order valence-electron chi connectivity index (χ0n) is 12.1. The van der Waals surface area contributed by atoms with E-state index in [9.17, 15) is 4.79 Å². The molecule has 0 fully saturated rings. The summed E-state index contributed by atoms with van der Waals surface area (Å²) in [5.41, 5.74) is 0.861. The molecular weight excluding hydrogens is 308 g/mol. The maximum absolute atomic E-state index is 10.8. The molecule has 19 heavy (non-hydrogen) atoms. The average Bonchev–Trinajstić information content (AvgIpc) is 2.65. The largest absolute Gasteiger partial charge is 1.00 e. The summed E-state index contributed by atoms with van der Waals surface area (Å²) in [5, 5.41) is 8.86. The zero-order chi connectivity index (χ0) is 13.5. The Morgan fingerprint density at radius 2 is 2.05 bits per heavy atom. The van der Waals surface area contributed by atoms with Gasteiger partial charge in [-0.05, 0) is 19.3 Å². The first-order chi connectivity index (χ1) is 8.58. The van der Waals surface area contributed by atoms with Crippen LogP contribution < -0.4 is 21.5 Å². The average molecular weight is 333 g/mol. The van der Waals surface area contributed by atoms with Gasteiger partial charge in [0.1, 0.15) is 18.7 Å². The number of carboxylic acids is 1. The third-order valence-corrected chi connectivity index (χ3v) is 3.32. The highest BCUT2D eigenvalue weighted by molar-refractivity contribution is 5.69. The van der Waals surface area contributed by atoms with Crippen molar-refractivity contribution in [2.45, 2.75) is 58.4 Å². The van der Waals surface area contributed by atoms with Crippen LogP contribution in [0.3, 0.4) is 0 Å². The first-order valence-corrected chi connectivity index (χ1v) is 6.86. The number of hydrogen-bond acceptors (Lipinski definition) is 1. The fraction of sp³-hybridized carbons (Fsp3) is 0.714. The van der Waals surface area contributed by atoms with Gasteiger partial charge in [0, 0.05) is 0 Å². The van der Waals surface area contributed by atoms with Crippen LogP contribution in [0.1, 0.15) is 57.7 Å². The van der Waals surface area contributed by atoms with Crippen molar-refractivity contribution in [3.63, 3.8) is 0 Å². The molecule has 0 saturated carbocycles. The van der Waals surface area contributed by atoms with E-state index >= 15 is 0 Å². The lowest BCUT2D eigenvalue weighted by atomic mass is 10.1. The lowest BCUT2D eigenvalue weighted by Crippen LogP contribution is -3.00. The first kappa shape index (κ1) is 18.2. The maximum atomic E-state index is 10.8. The van der Waals surface area contributed by atoms with Crippen LogP contribution in [0.15, 0.2) is 12.5 Å². The molecule has 4 nitrogen and oxygen atoms in total. The van der Waals surface area contributed by atoms with Gasteiger partial charge in [0.15, 0.2) is 5.69 Å². The molecule has 1 aromatic heterocycles. The number of carbonyl (C=O) groups is 1. The molecule has 5 heteroatoms. The summed E-state index contributed by atoms with van der Waals surface area (Å²) in [4.78, 5) is 10.8. The molecule has 1 atom stereocenters. The highest BCUT2D eigenvalue weighted by Crippen LogP contribution is 2.15. The van der Waals surface area contributed by atoms with Crippen molar-refractivity contribution < 1.29 is 31.4 Å². The molecule has 0 bridgehead atoms. The zero-order valence-corrected chi connectivity index (χ0v) is 13.7. The molecule has 0 saturated heterocycles. The number of carboxylic acid groups (broad SMARTS) is 1. The Morgan fingerprint density at radius 1 is 1.37 bits per heavy atom. The van der Waals surface area contributed by atoms with Crippen LogP contribution in [0, 0.1) is 0 Å². The molecule has 1 N–H and O–H groups in total. The number of rotatable bonds is 8. The summed E-state index contributed by atoms with van der Waals surface area (Å²) in [6.45, 7) is 4.40. The summed E-state index contributed by atoms with van der Waals surface area (Å²) >= 11 is 0. The molecule has 0 amide bonds. The Kier molecular flexibility index (Phi) is 8.72. The number of aryl methyl sites for hydroxylation is 1. The van der Waals surface area contributed by atoms with Gasteiger partial charge in [0.05, 0.1) is 7.05 Å². The van der Waals surface area contributed by atoms with Gasteiger partial charge in [-0.2, -0.15) is 0 Å². The minimum absolute atomic E-state index is 0. The van der Waals surface area contributed by atoms with Gasteiger partial charge in [-0.25, -0.2) is 9.13 Å². The van der Waals surface area contributed by atoms with Crippen molar-refractivity contribution in [1.29, 1.82) is 0 Å². The summed E-state index contributed by atoms with van der Waals surface area (Å²) < 4.78 is 4.11. The highest BCUT2D eigenvalue weighted by atomic mass is 79.9. The fourth-order valence-electron chi connectivity index (χ4n) is 2.31. The molecule has 0 aliphatic carbocycles. The normalized spacial score (nSPS) is 11.9. The first-order valence-electron chi connectivity index (χ1n) is 6.86. The van der Waals surface area contributed by atoms with Gasteiger partial charge in [0.25, 0.3) is 0 Å². The van der Waals surface area contributed by atoms with Crippen molar-refractivity contribution in [3.8, 4) is 0 Å². The maximum Gasteiger partial charge on any atom is 0.311 e. The Bertz CT molecular complexity index is 391. The Balaban J connectivity index is 0.00000324. The van der Waals surface area contributed by atoms with Crippen molar-refractivity contribution in [1.82, 2.24) is 4.57 Å². The number of hydrogen-bond donors (Lipinski definition) is 1. The predicted molar refractivity (Wildman–Crippen MR) is 70.4 cm³/mol. The van der Waals surface area contributed by atoms with Gasteiger partial charge < -0.3 is 22.1 Å². The van der Waals surface area contributed by atoms with Crippen LogP contribution in [0.25, 0.3) is 0 Å². The minimum Gasteiger partial charge on any atom is -1.00 e. The van der Waals surface area contributed by atoms with E-state index in [2.05, 4.69) is 18.4 Å². The second-order valence-electron chi connectivity index (χ2n) is 4.95. The third-order valence-electron chi connectivity index (χ3n) is 3.32. The van der Waals surface area contributed by atoms with Gasteiger partial charge in [-0.3, -0.25) is 4.79 Å². The monoisotopic (exact) mass is 332 g/mol.